The molecular weight excluding hydrogens is 430 g/mol. The first kappa shape index (κ1) is 22.9. The second-order valence-electron chi connectivity index (χ2n) is 7.98. The third-order valence-corrected chi connectivity index (χ3v) is 6.60. The smallest absolute Gasteiger partial charge is 0.266 e. The summed E-state index contributed by atoms with van der Waals surface area (Å²) in [7, 11) is 0. The van der Waals surface area contributed by atoms with Crippen molar-refractivity contribution in [3.05, 3.63) is 82.0 Å². The van der Waals surface area contributed by atoms with Gasteiger partial charge in [0.05, 0.1) is 17.2 Å². The molecule has 33 heavy (non-hydrogen) atoms. The lowest BCUT2D eigenvalue weighted by molar-refractivity contribution is -0.122. The monoisotopic (exact) mass is 459 g/mol. The third-order valence-electron chi connectivity index (χ3n) is 5.59. The first-order valence-corrected chi connectivity index (χ1v) is 12.0. The van der Waals surface area contributed by atoms with Crippen molar-refractivity contribution < 1.29 is 9.53 Å². The molecule has 1 saturated heterocycles. The first-order chi connectivity index (χ1) is 15.9. The minimum absolute atomic E-state index is 0.00690. The Kier molecular flexibility index (Phi) is 6.75. The number of amides is 1. The normalized spacial score (nSPS) is 16.3. The zero-order valence-corrected chi connectivity index (χ0v) is 20.6. The van der Waals surface area contributed by atoms with Gasteiger partial charge in [-0.1, -0.05) is 12.1 Å². The van der Waals surface area contributed by atoms with Crippen molar-refractivity contribution in [1.82, 2.24) is 9.47 Å². The Morgan fingerprint density at radius 2 is 1.79 bits per heavy atom. The lowest BCUT2D eigenvalue weighted by atomic mass is 10.2. The molecule has 1 aliphatic rings. The molecule has 2 heterocycles. The third kappa shape index (κ3) is 4.76. The molecule has 0 N–H and O–H groups in total. The van der Waals surface area contributed by atoms with Crippen LogP contribution >= 0.6 is 11.8 Å². The van der Waals surface area contributed by atoms with E-state index >= 15 is 0 Å². The summed E-state index contributed by atoms with van der Waals surface area (Å²) in [4.78, 5) is 20.3. The van der Waals surface area contributed by atoms with Crippen LogP contribution in [0.5, 0.6) is 5.75 Å². The highest BCUT2D eigenvalue weighted by molar-refractivity contribution is 8.18. The van der Waals surface area contributed by atoms with E-state index in [1.807, 2.05) is 44.2 Å². The minimum Gasteiger partial charge on any atom is -0.494 e. The van der Waals surface area contributed by atoms with Crippen LogP contribution in [0.15, 0.2) is 64.5 Å². The number of thioether (sulfide) groups is 1. The van der Waals surface area contributed by atoms with Crippen LogP contribution < -0.4 is 4.74 Å². The molecule has 0 unspecified atom stereocenters. The SMILES string of the molecule is CCOc1ccc(N=C2S/C(=C\c3cc(C)n(-c4cccc(C)c4)c3C)C(=O)N2CC)cc1. The van der Waals surface area contributed by atoms with Gasteiger partial charge < -0.3 is 9.30 Å². The summed E-state index contributed by atoms with van der Waals surface area (Å²) >= 11 is 1.42. The molecule has 170 valence electrons. The van der Waals surface area contributed by atoms with E-state index in [4.69, 9.17) is 9.73 Å². The van der Waals surface area contributed by atoms with Gasteiger partial charge in [-0.05, 0) is 106 Å². The van der Waals surface area contributed by atoms with Gasteiger partial charge in [0, 0.05) is 23.6 Å². The Balaban J connectivity index is 1.65. The standard InChI is InChI=1S/C27H29N3O2S/c1-6-29-26(31)25(33-27(29)28-22-11-13-24(14-12-22)32-7-2)17-21-16-19(4)30(20(21)5)23-10-8-9-18(3)15-23/h8-17H,6-7H2,1-5H3/b25-17-,28-27?. The van der Waals surface area contributed by atoms with Crippen LogP contribution in [0.2, 0.25) is 0 Å². The van der Waals surface area contributed by atoms with Crippen LogP contribution in [0, 0.1) is 20.8 Å². The van der Waals surface area contributed by atoms with Crippen molar-refractivity contribution >= 4 is 34.6 Å². The summed E-state index contributed by atoms with van der Waals surface area (Å²) in [5, 5.41) is 0.699. The number of rotatable bonds is 6. The molecular formula is C27H29N3O2S. The predicted molar refractivity (Wildman–Crippen MR) is 138 cm³/mol. The van der Waals surface area contributed by atoms with Crippen LogP contribution in [0.25, 0.3) is 11.8 Å². The molecule has 5 nitrogen and oxygen atoms in total. The van der Waals surface area contributed by atoms with Crippen molar-refractivity contribution in [3.8, 4) is 11.4 Å². The predicted octanol–water partition coefficient (Wildman–Crippen LogP) is 6.43. The molecule has 2 aromatic carbocycles. The van der Waals surface area contributed by atoms with E-state index in [2.05, 4.69) is 55.7 Å². The molecule has 1 aliphatic heterocycles. The largest absolute Gasteiger partial charge is 0.494 e. The van der Waals surface area contributed by atoms with Gasteiger partial charge in [-0.15, -0.1) is 0 Å². The number of aliphatic imine (C=N–C) groups is 1. The van der Waals surface area contributed by atoms with Crippen molar-refractivity contribution in [1.29, 1.82) is 0 Å². The van der Waals surface area contributed by atoms with Crippen molar-refractivity contribution in [2.45, 2.75) is 34.6 Å². The highest BCUT2D eigenvalue weighted by atomic mass is 32.2. The fourth-order valence-electron chi connectivity index (χ4n) is 4.00. The quantitative estimate of drug-likeness (QED) is 0.399. The second kappa shape index (κ2) is 9.71. The second-order valence-corrected chi connectivity index (χ2v) is 8.99. The van der Waals surface area contributed by atoms with Gasteiger partial charge in [-0.25, -0.2) is 4.99 Å². The molecule has 3 aromatic rings. The molecule has 0 bridgehead atoms. The first-order valence-electron chi connectivity index (χ1n) is 11.2. The summed E-state index contributed by atoms with van der Waals surface area (Å²) in [5.74, 6) is 0.807. The van der Waals surface area contributed by atoms with Crippen molar-refractivity contribution in [2.24, 2.45) is 4.99 Å². The lowest BCUT2D eigenvalue weighted by Gasteiger charge is -2.12. The molecule has 1 aromatic heterocycles. The Morgan fingerprint density at radius 1 is 1.03 bits per heavy atom. The van der Waals surface area contributed by atoms with Crippen LogP contribution in [0.3, 0.4) is 0 Å². The molecule has 1 fully saturated rings. The van der Waals surface area contributed by atoms with E-state index in [0.717, 1.165) is 34.1 Å². The van der Waals surface area contributed by atoms with Gasteiger partial charge in [0.15, 0.2) is 5.17 Å². The number of amidine groups is 1. The van der Waals surface area contributed by atoms with Gasteiger partial charge >= 0.3 is 0 Å². The van der Waals surface area contributed by atoms with Gasteiger partial charge in [-0.3, -0.25) is 9.69 Å². The van der Waals surface area contributed by atoms with Gasteiger partial charge in [0.1, 0.15) is 5.75 Å². The summed E-state index contributed by atoms with van der Waals surface area (Å²) in [6.07, 6.45) is 1.99. The Hall–Kier alpha value is -3.25. The maximum absolute atomic E-state index is 13.1. The summed E-state index contributed by atoms with van der Waals surface area (Å²) in [5.41, 5.74) is 6.44. The average molecular weight is 460 g/mol. The Morgan fingerprint density at radius 3 is 2.45 bits per heavy atom. The van der Waals surface area contributed by atoms with E-state index in [1.54, 1.807) is 4.90 Å². The maximum atomic E-state index is 13.1. The summed E-state index contributed by atoms with van der Waals surface area (Å²) < 4.78 is 7.74. The van der Waals surface area contributed by atoms with Gasteiger partial charge in [0.25, 0.3) is 5.91 Å². The average Bonchev–Trinajstić information content (AvgIpc) is 3.24. The summed E-state index contributed by atoms with van der Waals surface area (Å²) in [6.45, 7) is 11.4. The number of carbonyl (C=O) groups is 1. The molecule has 0 aliphatic carbocycles. The van der Waals surface area contributed by atoms with Crippen LogP contribution in [-0.4, -0.2) is 33.7 Å². The zero-order chi connectivity index (χ0) is 23.5. The molecule has 4 rings (SSSR count). The van der Waals surface area contributed by atoms with E-state index in [1.165, 1.54) is 17.3 Å². The fraction of sp³-hybridized carbons (Fsp3) is 0.259. The van der Waals surface area contributed by atoms with E-state index in [0.29, 0.717) is 23.2 Å². The van der Waals surface area contributed by atoms with Gasteiger partial charge in [0.2, 0.25) is 0 Å². The van der Waals surface area contributed by atoms with E-state index in [9.17, 15) is 4.79 Å². The number of aromatic nitrogens is 1. The number of ether oxygens (including phenoxy) is 1. The van der Waals surface area contributed by atoms with Gasteiger partial charge in [-0.2, -0.15) is 0 Å². The minimum atomic E-state index is -0.00690. The van der Waals surface area contributed by atoms with Crippen molar-refractivity contribution in [2.75, 3.05) is 13.2 Å². The number of hydrogen-bond acceptors (Lipinski definition) is 4. The highest BCUT2D eigenvalue weighted by Crippen LogP contribution is 2.35. The number of benzene rings is 2. The Bertz CT molecular complexity index is 1240. The number of carbonyl (C=O) groups excluding carboxylic acids is 1. The summed E-state index contributed by atoms with van der Waals surface area (Å²) in [6, 6.07) is 18.2. The molecule has 0 saturated carbocycles. The topological polar surface area (TPSA) is 46.8 Å². The van der Waals surface area contributed by atoms with Crippen molar-refractivity contribution in [3.63, 3.8) is 0 Å². The molecule has 0 atom stereocenters. The van der Waals surface area contributed by atoms with Crippen LogP contribution in [-0.2, 0) is 4.79 Å². The van der Waals surface area contributed by atoms with E-state index < -0.39 is 0 Å². The number of nitrogens with zero attached hydrogens (tertiary/aromatic N) is 3. The number of hydrogen-bond donors (Lipinski definition) is 0. The molecule has 6 heteroatoms. The molecule has 1 amide bonds. The number of likely N-dealkylation sites (N-methyl/N-ethyl adjacent to an activating group) is 1. The Labute approximate surface area is 199 Å². The zero-order valence-electron chi connectivity index (χ0n) is 19.8. The maximum Gasteiger partial charge on any atom is 0.266 e. The molecule has 0 radical (unpaired) electrons. The highest BCUT2D eigenvalue weighted by Gasteiger charge is 2.32. The van der Waals surface area contributed by atoms with Crippen LogP contribution in [0.1, 0.15) is 36.4 Å². The lowest BCUT2D eigenvalue weighted by Crippen LogP contribution is -2.28. The van der Waals surface area contributed by atoms with E-state index in [-0.39, 0.29) is 5.91 Å². The molecule has 0 spiro atoms. The van der Waals surface area contributed by atoms with Crippen LogP contribution in [0.4, 0.5) is 5.69 Å². The number of aryl methyl sites for hydroxylation is 2. The fourth-order valence-corrected chi connectivity index (χ4v) is 5.06.